The van der Waals surface area contributed by atoms with Crippen LogP contribution < -0.4 is 5.32 Å². The second-order valence-electron chi connectivity index (χ2n) is 3.59. The zero-order valence-corrected chi connectivity index (χ0v) is 12.8. The molecule has 0 radical (unpaired) electrons. The number of carbonyl (C=O) groups is 1. The smallest absolute Gasteiger partial charge is 0.255 e. The molecule has 0 heterocycles. The highest BCUT2D eigenvalue weighted by molar-refractivity contribution is 14.1. The molecule has 0 bridgehead atoms. The van der Waals surface area contributed by atoms with Gasteiger partial charge in [0, 0.05) is 13.6 Å². The van der Waals surface area contributed by atoms with Gasteiger partial charge in [-0.05, 0) is 81.0 Å². The highest BCUT2D eigenvalue weighted by Gasteiger charge is 2.08. The summed E-state index contributed by atoms with van der Waals surface area (Å²) in [5, 5.41) is 2.66. The summed E-state index contributed by atoms with van der Waals surface area (Å²) in [7, 11) is 0. The minimum absolute atomic E-state index is 0.266. The maximum Gasteiger partial charge on any atom is 0.255 e. The lowest BCUT2D eigenvalue weighted by atomic mass is 10.2. The van der Waals surface area contributed by atoms with Gasteiger partial charge in [-0.2, -0.15) is 0 Å². The van der Waals surface area contributed by atoms with E-state index in [1.807, 2.05) is 12.1 Å². The lowest BCUT2D eigenvalue weighted by molar-refractivity contribution is 0.102. The summed E-state index contributed by atoms with van der Waals surface area (Å²) in [6.07, 6.45) is 0. The molecule has 0 atom stereocenters. The minimum Gasteiger partial charge on any atom is -0.321 e. The molecule has 92 valence electrons. The van der Waals surface area contributed by atoms with Crippen molar-refractivity contribution in [1.82, 2.24) is 0 Å². The van der Waals surface area contributed by atoms with Crippen molar-refractivity contribution in [2.75, 3.05) is 5.32 Å². The van der Waals surface area contributed by atoms with Gasteiger partial charge >= 0.3 is 0 Å². The van der Waals surface area contributed by atoms with Crippen molar-refractivity contribution < 1.29 is 9.18 Å². The Balaban J connectivity index is 2.21. The molecule has 2 aromatic carbocycles. The van der Waals surface area contributed by atoms with Crippen LogP contribution in [0.1, 0.15) is 10.4 Å². The van der Waals surface area contributed by atoms with Crippen LogP contribution in [-0.2, 0) is 0 Å². The Bertz CT molecular complexity index is 586. The molecule has 2 rings (SSSR count). The fourth-order valence-electron chi connectivity index (χ4n) is 1.39. The zero-order valence-electron chi connectivity index (χ0n) is 9.08. The molecular formula is C13H8BrFINO. The molecule has 0 saturated carbocycles. The number of carbonyl (C=O) groups excluding carboxylic acids is 1. The maximum atomic E-state index is 13.1. The van der Waals surface area contributed by atoms with E-state index in [1.165, 1.54) is 12.1 Å². The molecule has 0 spiro atoms. The van der Waals surface area contributed by atoms with Gasteiger partial charge in [-0.25, -0.2) is 4.39 Å². The van der Waals surface area contributed by atoms with E-state index in [1.54, 1.807) is 18.2 Å². The van der Waals surface area contributed by atoms with Crippen molar-refractivity contribution in [2.24, 2.45) is 0 Å². The average molecular weight is 420 g/mol. The van der Waals surface area contributed by atoms with Crippen LogP contribution in [-0.4, -0.2) is 5.91 Å². The minimum atomic E-state index is -0.392. The molecule has 0 aliphatic rings. The quantitative estimate of drug-likeness (QED) is 0.716. The second-order valence-corrected chi connectivity index (χ2v) is 5.69. The molecule has 2 nitrogen and oxygen atoms in total. The van der Waals surface area contributed by atoms with Crippen LogP contribution in [0, 0.1) is 9.39 Å². The van der Waals surface area contributed by atoms with Gasteiger partial charge in [0.05, 0.1) is 5.69 Å². The molecule has 18 heavy (non-hydrogen) atoms. The van der Waals surface area contributed by atoms with Crippen LogP contribution in [0.5, 0.6) is 0 Å². The highest BCUT2D eigenvalue weighted by Crippen LogP contribution is 2.23. The Morgan fingerprint density at radius 2 is 1.83 bits per heavy atom. The van der Waals surface area contributed by atoms with Gasteiger partial charge in [0.1, 0.15) is 5.82 Å². The third-order valence-electron chi connectivity index (χ3n) is 2.28. The largest absolute Gasteiger partial charge is 0.321 e. The summed E-state index contributed by atoms with van der Waals surface area (Å²) in [6, 6.07) is 11.3. The van der Waals surface area contributed by atoms with Gasteiger partial charge in [-0.15, -0.1) is 0 Å². The molecular weight excluding hydrogens is 412 g/mol. The highest BCUT2D eigenvalue weighted by atomic mass is 127. The third kappa shape index (κ3) is 3.29. The van der Waals surface area contributed by atoms with E-state index in [0.717, 1.165) is 3.57 Å². The summed E-state index contributed by atoms with van der Waals surface area (Å²) < 4.78 is 14.8. The first-order valence-electron chi connectivity index (χ1n) is 5.08. The number of nitrogens with one attached hydrogen (secondary N) is 1. The lowest BCUT2D eigenvalue weighted by Gasteiger charge is -2.07. The summed E-state index contributed by atoms with van der Waals surface area (Å²) in [5.41, 5.74) is 0.949. The number of hydrogen-bond acceptors (Lipinski definition) is 1. The Kier molecular flexibility index (Phi) is 4.34. The van der Waals surface area contributed by atoms with Crippen molar-refractivity contribution in [1.29, 1.82) is 0 Å². The fraction of sp³-hybridized carbons (Fsp3) is 0. The van der Waals surface area contributed by atoms with Crippen LogP contribution in [0.15, 0.2) is 46.9 Å². The second kappa shape index (κ2) is 5.79. The van der Waals surface area contributed by atoms with Gasteiger partial charge in [0.15, 0.2) is 0 Å². The summed E-state index contributed by atoms with van der Waals surface area (Å²) >= 11 is 5.42. The van der Waals surface area contributed by atoms with Crippen LogP contribution in [0.2, 0.25) is 0 Å². The van der Waals surface area contributed by atoms with Crippen molar-refractivity contribution in [3.05, 3.63) is 61.9 Å². The fourth-order valence-corrected chi connectivity index (χ4v) is 2.09. The van der Waals surface area contributed by atoms with Crippen LogP contribution >= 0.6 is 38.5 Å². The standard InChI is InChI=1S/C13H8BrFINO/c14-11-6-3-9(15)7-12(11)17-13(18)8-1-4-10(16)5-2-8/h1-7H,(H,17,18). The van der Waals surface area contributed by atoms with Crippen LogP contribution in [0.25, 0.3) is 0 Å². The van der Waals surface area contributed by atoms with E-state index in [4.69, 9.17) is 0 Å². The van der Waals surface area contributed by atoms with Crippen molar-refractivity contribution >= 4 is 50.1 Å². The van der Waals surface area contributed by atoms with E-state index < -0.39 is 5.82 Å². The predicted molar refractivity (Wildman–Crippen MR) is 81.2 cm³/mol. The molecule has 1 amide bonds. The SMILES string of the molecule is O=C(Nc1cc(F)ccc1Br)c1ccc(I)cc1. The number of amides is 1. The Labute approximate surface area is 126 Å². The summed E-state index contributed by atoms with van der Waals surface area (Å²) in [6.45, 7) is 0. The monoisotopic (exact) mass is 419 g/mol. The maximum absolute atomic E-state index is 13.1. The van der Waals surface area contributed by atoms with Gasteiger partial charge in [0.25, 0.3) is 5.91 Å². The Morgan fingerprint density at radius 3 is 2.50 bits per heavy atom. The van der Waals surface area contributed by atoms with E-state index in [0.29, 0.717) is 15.7 Å². The van der Waals surface area contributed by atoms with Crippen molar-refractivity contribution in [3.8, 4) is 0 Å². The lowest BCUT2D eigenvalue weighted by Crippen LogP contribution is -2.12. The molecule has 0 unspecified atom stereocenters. The van der Waals surface area contributed by atoms with E-state index in [2.05, 4.69) is 43.8 Å². The number of anilines is 1. The first kappa shape index (κ1) is 13.5. The van der Waals surface area contributed by atoms with Gasteiger partial charge in [-0.1, -0.05) is 0 Å². The Morgan fingerprint density at radius 1 is 1.17 bits per heavy atom. The van der Waals surface area contributed by atoms with Crippen molar-refractivity contribution in [2.45, 2.75) is 0 Å². The summed E-state index contributed by atoms with van der Waals surface area (Å²) in [5.74, 6) is -0.659. The molecule has 2 aromatic rings. The predicted octanol–water partition coefficient (Wildman–Crippen LogP) is 4.45. The number of halogens is 3. The number of hydrogen-bond donors (Lipinski definition) is 1. The van der Waals surface area contributed by atoms with Gasteiger partial charge in [0.2, 0.25) is 0 Å². The van der Waals surface area contributed by atoms with E-state index >= 15 is 0 Å². The summed E-state index contributed by atoms with van der Waals surface area (Å²) in [4.78, 5) is 11.9. The first-order valence-corrected chi connectivity index (χ1v) is 6.95. The van der Waals surface area contributed by atoms with Crippen LogP contribution in [0.3, 0.4) is 0 Å². The molecule has 1 N–H and O–H groups in total. The van der Waals surface area contributed by atoms with Crippen LogP contribution in [0.4, 0.5) is 10.1 Å². The number of rotatable bonds is 2. The molecule has 0 fully saturated rings. The average Bonchev–Trinajstić information content (AvgIpc) is 2.34. The van der Waals surface area contributed by atoms with Gasteiger partial charge < -0.3 is 5.32 Å². The third-order valence-corrected chi connectivity index (χ3v) is 3.69. The van der Waals surface area contributed by atoms with E-state index in [-0.39, 0.29) is 5.91 Å². The van der Waals surface area contributed by atoms with Crippen molar-refractivity contribution in [3.63, 3.8) is 0 Å². The van der Waals surface area contributed by atoms with Gasteiger partial charge in [-0.3, -0.25) is 4.79 Å². The first-order chi connectivity index (χ1) is 8.56. The zero-order chi connectivity index (χ0) is 13.1. The molecule has 0 aromatic heterocycles. The molecule has 0 aliphatic carbocycles. The normalized spacial score (nSPS) is 10.2. The Hall–Kier alpha value is -0.950. The van der Waals surface area contributed by atoms with E-state index in [9.17, 15) is 9.18 Å². The molecule has 5 heteroatoms. The molecule has 0 aliphatic heterocycles. The molecule has 0 saturated heterocycles. The number of benzene rings is 2. The topological polar surface area (TPSA) is 29.1 Å².